The van der Waals surface area contributed by atoms with E-state index in [1.807, 2.05) is 25.7 Å². The average Bonchev–Trinajstić information content (AvgIpc) is 3.03. The standard InChI is InChI=1S/C16H21N3O3/c1-9-10(2)21-11(3)14(9)16(20)19-7-5-6-13(8-19)15-17-12(4)22-18-15/h13H,5-8H2,1-4H3. The van der Waals surface area contributed by atoms with Gasteiger partial charge in [0.1, 0.15) is 11.5 Å². The lowest BCUT2D eigenvalue weighted by Gasteiger charge is -2.31. The number of amides is 1. The predicted molar refractivity (Wildman–Crippen MR) is 79.8 cm³/mol. The van der Waals surface area contributed by atoms with E-state index in [9.17, 15) is 4.79 Å². The lowest BCUT2D eigenvalue weighted by molar-refractivity contribution is 0.0701. The van der Waals surface area contributed by atoms with Gasteiger partial charge >= 0.3 is 0 Å². The smallest absolute Gasteiger partial charge is 0.257 e. The molecular formula is C16H21N3O3. The SMILES string of the molecule is Cc1nc(C2CCCN(C(=O)c3c(C)oc(C)c3C)C2)no1. The van der Waals surface area contributed by atoms with Gasteiger partial charge in [0.15, 0.2) is 5.82 Å². The van der Waals surface area contributed by atoms with Crippen LogP contribution in [-0.2, 0) is 0 Å². The van der Waals surface area contributed by atoms with Crippen molar-refractivity contribution in [2.45, 2.75) is 46.5 Å². The third-order valence-corrected chi connectivity index (χ3v) is 4.39. The summed E-state index contributed by atoms with van der Waals surface area (Å²) in [5, 5.41) is 4.00. The zero-order valence-electron chi connectivity index (χ0n) is 13.5. The molecule has 2 aromatic rings. The van der Waals surface area contributed by atoms with Gasteiger partial charge in [-0.2, -0.15) is 4.98 Å². The molecule has 3 rings (SSSR count). The van der Waals surface area contributed by atoms with Crippen LogP contribution in [-0.4, -0.2) is 34.0 Å². The zero-order chi connectivity index (χ0) is 15.9. The molecule has 0 N–H and O–H groups in total. The number of piperidine rings is 1. The molecule has 3 heterocycles. The van der Waals surface area contributed by atoms with Gasteiger partial charge in [0.05, 0.1) is 5.56 Å². The summed E-state index contributed by atoms with van der Waals surface area (Å²) in [4.78, 5) is 19.0. The largest absolute Gasteiger partial charge is 0.466 e. The van der Waals surface area contributed by atoms with Crippen LogP contribution in [0.15, 0.2) is 8.94 Å². The van der Waals surface area contributed by atoms with E-state index >= 15 is 0 Å². The first-order valence-corrected chi connectivity index (χ1v) is 7.63. The van der Waals surface area contributed by atoms with Gasteiger partial charge in [-0.1, -0.05) is 5.16 Å². The van der Waals surface area contributed by atoms with Gasteiger partial charge in [-0.15, -0.1) is 0 Å². The second-order valence-electron chi connectivity index (χ2n) is 5.98. The van der Waals surface area contributed by atoms with Crippen molar-refractivity contribution in [2.75, 3.05) is 13.1 Å². The first kappa shape index (κ1) is 14.8. The molecule has 22 heavy (non-hydrogen) atoms. The Morgan fingerprint density at radius 2 is 2.00 bits per heavy atom. The zero-order valence-corrected chi connectivity index (χ0v) is 13.5. The summed E-state index contributed by atoms with van der Waals surface area (Å²) in [7, 11) is 0. The van der Waals surface area contributed by atoms with Crippen LogP contribution in [0.1, 0.15) is 57.9 Å². The Bertz CT molecular complexity index is 702. The number of hydrogen-bond acceptors (Lipinski definition) is 5. The fourth-order valence-corrected chi connectivity index (χ4v) is 3.12. The third-order valence-electron chi connectivity index (χ3n) is 4.39. The van der Waals surface area contributed by atoms with Crippen molar-refractivity contribution in [1.29, 1.82) is 0 Å². The van der Waals surface area contributed by atoms with Gasteiger partial charge < -0.3 is 13.8 Å². The highest BCUT2D eigenvalue weighted by molar-refractivity contribution is 5.97. The number of rotatable bonds is 2. The van der Waals surface area contributed by atoms with Gasteiger partial charge in [-0.05, 0) is 33.6 Å². The van der Waals surface area contributed by atoms with Crippen molar-refractivity contribution in [3.8, 4) is 0 Å². The lowest BCUT2D eigenvalue weighted by Crippen LogP contribution is -2.39. The molecule has 0 saturated carbocycles. The lowest BCUT2D eigenvalue weighted by atomic mass is 9.96. The van der Waals surface area contributed by atoms with Gasteiger partial charge in [0.25, 0.3) is 5.91 Å². The molecule has 0 radical (unpaired) electrons. The van der Waals surface area contributed by atoms with Crippen LogP contribution in [0.3, 0.4) is 0 Å². The summed E-state index contributed by atoms with van der Waals surface area (Å²) in [6.07, 6.45) is 1.92. The number of aryl methyl sites for hydroxylation is 3. The minimum absolute atomic E-state index is 0.0387. The molecular weight excluding hydrogens is 282 g/mol. The Morgan fingerprint density at radius 3 is 2.59 bits per heavy atom. The monoisotopic (exact) mass is 303 g/mol. The summed E-state index contributed by atoms with van der Waals surface area (Å²) in [6.45, 7) is 8.83. The van der Waals surface area contributed by atoms with Crippen molar-refractivity contribution < 1.29 is 13.7 Å². The van der Waals surface area contributed by atoms with Gasteiger partial charge in [0, 0.05) is 31.5 Å². The molecule has 6 heteroatoms. The molecule has 118 valence electrons. The van der Waals surface area contributed by atoms with Crippen molar-refractivity contribution >= 4 is 5.91 Å². The highest BCUT2D eigenvalue weighted by atomic mass is 16.5. The fourth-order valence-electron chi connectivity index (χ4n) is 3.12. The van der Waals surface area contributed by atoms with Gasteiger partial charge in [0.2, 0.25) is 5.89 Å². The Balaban J connectivity index is 1.81. The summed E-state index contributed by atoms with van der Waals surface area (Å²) in [5.41, 5.74) is 1.63. The van der Waals surface area contributed by atoms with E-state index in [0.717, 1.165) is 30.7 Å². The Labute approximate surface area is 129 Å². The molecule has 1 fully saturated rings. The minimum Gasteiger partial charge on any atom is -0.466 e. The number of hydrogen-bond donors (Lipinski definition) is 0. The first-order chi connectivity index (χ1) is 10.5. The number of carbonyl (C=O) groups excluding carboxylic acids is 1. The van der Waals surface area contributed by atoms with E-state index in [2.05, 4.69) is 10.1 Å². The number of likely N-dealkylation sites (tertiary alicyclic amines) is 1. The molecule has 1 aliphatic rings. The Morgan fingerprint density at radius 1 is 1.23 bits per heavy atom. The molecule has 1 atom stereocenters. The molecule has 1 unspecified atom stereocenters. The number of furan rings is 1. The molecule has 1 amide bonds. The Kier molecular flexibility index (Phi) is 3.76. The van der Waals surface area contributed by atoms with E-state index in [4.69, 9.17) is 8.94 Å². The van der Waals surface area contributed by atoms with Crippen LogP contribution in [0.25, 0.3) is 0 Å². The molecule has 1 saturated heterocycles. The van der Waals surface area contributed by atoms with E-state index in [1.165, 1.54) is 0 Å². The minimum atomic E-state index is 0.0387. The van der Waals surface area contributed by atoms with Gasteiger partial charge in [-0.25, -0.2) is 0 Å². The highest BCUT2D eigenvalue weighted by Gasteiger charge is 2.30. The second-order valence-corrected chi connectivity index (χ2v) is 5.98. The van der Waals surface area contributed by atoms with Crippen LogP contribution in [0.2, 0.25) is 0 Å². The van der Waals surface area contributed by atoms with Crippen LogP contribution >= 0.6 is 0 Å². The van der Waals surface area contributed by atoms with Crippen LogP contribution in [0, 0.1) is 27.7 Å². The highest BCUT2D eigenvalue weighted by Crippen LogP contribution is 2.28. The second kappa shape index (κ2) is 5.59. The van der Waals surface area contributed by atoms with Crippen molar-refractivity contribution in [2.24, 2.45) is 0 Å². The number of nitrogens with zero attached hydrogens (tertiary/aromatic N) is 3. The van der Waals surface area contributed by atoms with E-state index in [1.54, 1.807) is 6.92 Å². The maximum absolute atomic E-state index is 12.8. The number of carbonyl (C=O) groups is 1. The average molecular weight is 303 g/mol. The van der Waals surface area contributed by atoms with Gasteiger partial charge in [-0.3, -0.25) is 4.79 Å². The summed E-state index contributed by atoms with van der Waals surface area (Å²) < 4.78 is 10.6. The summed E-state index contributed by atoms with van der Waals surface area (Å²) in [5.74, 6) is 2.95. The van der Waals surface area contributed by atoms with Crippen LogP contribution in [0.4, 0.5) is 0 Å². The molecule has 0 aliphatic carbocycles. The summed E-state index contributed by atoms with van der Waals surface area (Å²) >= 11 is 0. The van der Waals surface area contributed by atoms with E-state index in [0.29, 0.717) is 29.6 Å². The normalized spacial score (nSPS) is 18.7. The van der Waals surface area contributed by atoms with Crippen molar-refractivity contribution in [3.63, 3.8) is 0 Å². The van der Waals surface area contributed by atoms with Crippen LogP contribution in [0.5, 0.6) is 0 Å². The van der Waals surface area contributed by atoms with E-state index < -0.39 is 0 Å². The third kappa shape index (κ3) is 2.53. The topological polar surface area (TPSA) is 72.4 Å². The van der Waals surface area contributed by atoms with Crippen molar-refractivity contribution in [3.05, 3.63) is 34.4 Å². The predicted octanol–water partition coefficient (Wildman–Crippen LogP) is 2.92. The molecule has 0 spiro atoms. The van der Waals surface area contributed by atoms with E-state index in [-0.39, 0.29) is 11.8 Å². The maximum Gasteiger partial charge on any atom is 0.257 e. The molecule has 6 nitrogen and oxygen atoms in total. The molecule has 0 aromatic carbocycles. The number of aromatic nitrogens is 2. The summed E-state index contributed by atoms with van der Waals surface area (Å²) in [6, 6.07) is 0. The maximum atomic E-state index is 12.8. The quantitative estimate of drug-likeness (QED) is 0.853. The Hall–Kier alpha value is -2.11. The molecule has 1 aliphatic heterocycles. The van der Waals surface area contributed by atoms with Crippen molar-refractivity contribution in [1.82, 2.24) is 15.0 Å². The molecule has 2 aromatic heterocycles. The molecule has 0 bridgehead atoms. The first-order valence-electron chi connectivity index (χ1n) is 7.63. The fraction of sp³-hybridized carbons (Fsp3) is 0.562. The van der Waals surface area contributed by atoms with Crippen LogP contribution < -0.4 is 0 Å².